The van der Waals surface area contributed by atoms with Gasteiger partial charge in [0.05, 0.1) is 18.0 Å². The zero-order chi connectivity index (χ0) is 19.8. The van der Waals surface area contributed by atoms with E-state index in [0.717, 1.165) is 38.1 Å². The normalized spacial score (nSPS) is 17.3. The first-order chi connectivity index (χ1) is 12.9. The lowest BCUT2D eigenvalue weighted by molar-refractivity contribution is -0.123. The fourth-order valence-corrected chi connectivity index (χ4v) is 3.01. The highest BCUT2D eigenvalue weighted by atomic mass is 19.1. The third kappa shape index (κ3) is 6.59. The number of hydrogen-bond donors (Lipinski definition) is 3. The lowest BCUT2D eigenvalue weighted by Crippen LogP contribution is -2.42. The Morgan fingerprint density at radius 2 is 2.00 bits per heavy atom. The van der Waals surface area contributed by atoms with E-state index in [0.29, 0.717) is 25.6 Å². The Hall–Kier alpha value is -2.55. The van der Waals surface area contributed by atoms with Gasteiger partial charge in [-0.05, 0) is 44.5 Å². The molecule has 1 aliphatic rings. The number of nitrogens with zero attached hydrogens (tertiary/aromatic N) is 1. The zero-order valence-corrected chi connectivity index (χ0v) is 15.0. The molecule has 0 spiro atoms. The first-order valence-electron chi connectivity index (χ1n) is 8.88. The van der Waals surface area contributed by atoms with Crippen LogP contribution in [-0.4, -0.2) is 55.3 Å². The number of piperidine rings is 1. The molecule has 1 fully saturated rings. The maximum atomic E-state index is 13.5. The van der Waals surface area contributed by atoms with Crippen LogP contribution in [0.15, 0.2) is 18.2 Å². The van der Waals surface area contributed by atoms with Crippen molar-refractivity contribution in [2.45, 2.75) is 19.3 Å². The molecule has 7 nitrogen and oxygen atoms in total. The molecule has 0 radical (unpaired) electrons. The van der Waals surface area contributed by atoms with Crippen LogP contribution < -0.4 is 16.4 Å². The molecule has 0 bridgehead atoms. The van der Waals surface area contributed by atoms with Crippen molar-refractivity contribution in [3.8, 4) is 0 Å². The average molecular weight is 382 g/mol. The summed E-state index contributed by atoms with van der Waals surface area (Å²) in [5.41, 5.74) is 5.02. The second kappa shape index (κ2) is 9.96. The quantitative estimate of drug-likeness (QED) is 0.566. The Morgan fingerprint density at radius 3 is 2.70 bits per heavy atom. The van der Waals surface area contributed by atoms with Crippen LogP contribution >= 0.6 is 0 Å². The molecule has 9 heteroatoms. The van der Waals surface area contributed by atoms with E-state index < -0.39 is 23.4 Å². The minimum absolute atomic E-state index is 0.115. The first kappa shape index (κ1) is 20.8. The van der Waals surface area contributed by atoms with Crippen LogP contribution in [0, 0.1) is 17.6 Å². The summed E-state index contributed by atoms with van der Waals surface area (Å²) in [6.45, 7) is 2.39. The molecule has 3 amide bonds. The van der Waals surface area contributed by atoms with Gasteiger partial charge < -0.3 is 21.3 Å². The lowest BCUT2D eigenvalue weighted by Gasteiger charge is -2.31. The van der Waals surface area contributed by atoms with E-state index in [1.807, 2.05) is 0 Å². The number of halogens is 2. The molecule has 1 atom stereocenters. The number of nitrogens with one attached hydrogen (secondary N) is 2. The van der Waals surface area contributed by atoms with Crippen molar-refractivity contribution in [1.82, 2.24) is 15.5 Å². The lowest BCUT2D eigenvalue weighted by atomic mass is 9.97. The number of amides is 3. The van der Waals surface area contributed by atoms with Crippen molar-refractivity contribution < 1.29 is 23.2 Å². The van der Waals surface area contributed by atoms with Crippen LogP contribution in [0.4, 0.5) is 8.78 Å². The van der Waals surface area contributed by atoms with Crippen molar-refractivity contribution in [3.05, 3.63) is 35.4 Å². The fraction of sp³-hybridized carbons (Fsp3) is 0.500. The molecule has 1 aromatic rings. The Balaban J connectivity index is 1.63. The van der Waals surface area contributed by atoms with Crippen LogP contribution in [0.1, 0.15) is 29.6 Å². The van der Waals surface area contributed by atoms with Gasteiger partial charge in [-0.1, -0.05) is 0 Å². The molecular formula is C18H24F2N4O3. The summed E-state index contributed by atoms with van der Waals surface area (Å²) in [7, 11) is 0. The highest BCUT2D eigenvalue weighted by Gasteiger charge is 2.23. The highest BCUT2D eigenvalue weighted by molar-refractivity contribution is 5.96. The van der Waals surface area contributed by atoms with E-state index >= 15 is 0 Å². The Labute approximate surface area is 156 Å². The smallest absolute Gasteiger partial charge is 0.254 e. The SMILES string of the molecule is NC(=O)C1CCCN(CCCNC(=O)CNC(=O)c2ccc(F)cc2F)C1. The molecule has 0 saturated carbocycles. The highest BCUT2D eigenvalue weighted by Crippen LogP contribution is 2.15. The largest absolute Gasteiger partial charge is 0.369 e. The van der Waals surface area contributed by atoms with E-state index in [-0.39, 0.29) is 23.9 Å². The number of carbonyl (C=O) groups is 3. The van der Waals surface area contributed by atoms with Crippen LogP contribution in [-0.2, 0) is 9.59 Å². The van der Waals surface area contributed by atoms with Gasteiger partial charge in [-0.2, -0.15) is 0 Å². The van der Waals surface area contributed by atoms with Gasteiger partial charge in [-0.25, -0.2) is 8.78 Å². The van der Waals surface area contributed by atoms with Gasteiger partial charge in [-0.15, -0.1) is 0 Å². The Kier molecular flexibility index (Phi) is 7.66. The summed E-state index contributed by atoms with van der Waals surface area (Å²) in [6.07, 6.45) is 2.43. The first-order valence-corrected chi connectivity index (χ1v) is 8.88. The van der Waals surface area contributed by atoms with Gasteiger partial charge in [0.1, 0.15) is 11.6 Å². The maximum Gasteiger partial charge on any atom is 0.254 e. The number of likely N-dealkylation sites (tertiary alicyclic amines) is 1. The summed E-state index contributed by atoms with van der Waals surface area (Å²) in [5, 5.41) is 4.95. The van der Waals surface area contributed by atoms with Crippen LogP contribution in [0.2, 0.25) is 0 Å². The second-order valence-electron chi connectivity index (χ2n) is 6.55. The molecular weight excluding hydrogens is 358 g/mol. The molecule has 148 valence electrons. The molecule has 27 heavy (non-hydrogen) atoms. The zero-order valence-electron chi connectivity index (χ0n) is 15.0. The number of hydrogen-bond acceptors (Lipinski definition) is 4. The van der Waals surface area contributed by atoms with Crippen molar-refractivity contribution >= 4 is 17.7 Å². The number of primary amides is 1. The predicted octanol–water partition coefficient (Wildman–Crippen LogP) is 0.398. The molecule has 1 heterocycles. The maximum absolute atomic E-state index is 13.5. The summed E-state index contributed by atoms with van der Waals surface area (Å²) in [5.74, 6) is -3.34. The van der Waals surface area contributed by atoms with E-state index in [4.69, 9.17) is 5.73 Å². The number of nitrogens with two attached hydrogens (primary N) is 1. The van der Waals surface area contributed by atoms with Gasteiger partial charge in [0.15, 0.2) is 0 Å². The van der Waals surface area contributed by atoms with E-state index in [1.54, 1.807) is 0 Å². The molecule has 2 rings (SSSR count). The summed E-state index contributed by atoms with van der Waals surface area (Å²) in [6, 6.07) is 2.61. The molecule has 1 aliphatic heterocycles. The van der Waals surface area contributed by atoms with E-state index in [2.05, 4.69) is 15.5 Å². The molecule has 0 aliphatic carbocycles. The van der Waals surface area contributed by atoms with Crippen LogP contribution in [0.25, 0.3) is 0 Å². The van der Waals surface area contributed by atoms with Gasteiger partial charge in [-0.3, -0.25) is 14.4 Å². The van der Waals surface area contributed by atoms with E-state index in [1.165, 1.54) is 0 Å². The molecule has 1 saturated heterocycles. The fourth-order valence-electron chi connectivity index (χ4n) is 3.01. The topological polar surface area (TPSA) is 105 Å². The Bertz CT molecular complexity index is 699. The number of benzene rings is 1. The van der Waals surface area contributed by atoms with Crippen LogP contribution in [0.5, 0.6) is 0 Å². The minimum atomic E-state index is -0.983. The monoisotopic (exact) mass is 382 g/mol. The number of rotatable bonds is 8. The van der Waals surface area contributed by atoms with Crippen LogP contribution in [0.3, 0.4) is 0 Å². The summed E-state index contributed by atoms with van der Waals surface area (Å²) in [4.78, 5) is 37.0. The molecule has 1 aromatic carbocycles. The van der Waals surface area contributed by atoms with Crippen molar-refractivity contribution in [3.63, 3.8) is 0 Å². The molecule has 4 N–H and O–H groups in total. The predicted molar refractivity (Wildman–Crippen MR) is 94.7 cm³/mol. The van der Waals surface area contributed by atoms with Gasteiger partial charge in [0, 0.05) is 19.2 Å². The Morgan fingerprint density at radius 1 is 1.22 bits per heavy atom. The van der Waals surface area contributed by atoms with Gasteiger partial charge in [0.2, 0.25) is 11.8 Å². The average Bonchev–Trinajstić information content (AvgIpc) is 2.63. The third-order valence-electron chi connectivity index (χ3n) is 4.47. The molecule has 1 unspecified atom stereocenters. The van der Waals surface area contributed by atoms with Crippen molar-refractivity contribution in [1.29, 1.82) is 0 Å². The summed E-state index contributed by atoms with van der Waals surface area (Å²) >= 11 is 0. The molecule has 0 aromatic heterocycles. The van der Waals surface area contributed by atoms with Crippen molar-refractivity contribution in [2.75, 3.05) is 32.7 Å². The summed E-state index contributed by atoms with van der Waals surface area (Å²) < 4.78 is 26.3. The standard InChI is InChI=1S/C18H24F2N4O3/c19-13-4-5-14(15(20)9-13)18(27)23-10-16(25)22-6-2-8-24-7-1-3-12(11-24)17(21)26/h4-5,9,12H,1-3,6-8,10-11H2,(H2,21,26)(H,22,25)(H,23,27). The van der Waals surface area contributed by atoms with Gasteiger partial charge in [0.25, 0.3) is 5.91 Å². The second-order valence-corrected chi connectivity index (χ2v) is 6.55. The third-order valence-corrected chi connectivity index (χ3v) is 4.47. The van der Waals surface area contributed by atoms with Gasteiger partial charge >= 0.3 is 0 Å². The van der Waals surface area contributed by atoms with Crippen molar-refractivity contribution in [2.24, 2.45) is 11.7 Å². The number of carbonyl (C=O) groups excluding carboxylic acids is 3. The minimum Gasteiger partial charge on any atom is -0.369 e. The van der Waals surface area contributed by atoms with E-state index in [9.17, 15) is 23.2 Å².